The van der Waals surface area contributed by atoms with Gasteiger partial charge < -0.3 is 19.9 Å². The molecule has 3 rings (SSSR count). The van der Waals surface area contributed by atoms with Crippen molar-refractivity contribution in [3.8, 4) is 0 Å². The molecule has 140 valence electrons. The van der Waals surface area contributed by atoms with E-state index in [1.165, 1.54) is 0 Å². The minimum atomic E-state index is -0.151. The summed E-state index contributed by atoms with van der Waals surface area (Å²) in [5.74, 6) is 2.56. The maximum atomic E-state index is 12.0. The molecule has 1 aromatic rings. The van der Waals surface area contributed by atoms with Crippen molar-refractivity contribution in [2.24, 2.45) is 7.05 Å². The largest absolute Gasteiger partial charge is 0.393 e. The summed E-state index contributed by atoms with van der Waals surface area (Å²) in [5, 5.41) is 21.4. The van der Waals surface area contributed by atoms with Crippen LogP contribution in [0.15, 0.2) is 0 Å². The van der Waals surface area contributed by atoms with Gasteiger partial charge in [-0.05, 0) is 32.7 Å². The minimum absolute atomic E-state index is 0.151. The van der Waals surface area contributed by atoms with E-state index >= 15 is 0 Å². The number of piperidine rings is 2. The first-order chi connectivity index (χ1) is 12.1. The van der Waals surface area contributed by atoms with Gasteiger partial charge in [0.2, 0.25) is 5.91 Å². The number of aliphatic hydroxyl groups excluding tert-OH is 1. The van der Waals surface area contributed by atoms with Gasteiger partial charge in [0.15, 0.2) is 0 Å². The third-order valence-corrected chi connectivity index (χ3v) is 5.46. The Balaban J connectivity index is 1.56. The molecular weight excluding hydrogens is 320 g/mol. The van der Waals surface area contributed by atoms with E-state index in [1.54, 1.807) is 7.05 Å². The van der Waals surface area contributed by atoms with Crippen LogP contribution in [0.1, 0.15) is 43.3 Å². The molecule has 8 nitrogen and oxygen atoms in total. The summed E-state index contributed by atoms with van der Waals surface area (Å²) in [7, 11) is 3.84. The molecule has 0 aliphatic carbocycles. The van der Waals surface area contributed by atoms with E-state index < -0.39 is 0 Å². The van der Waals surface area contributed by atoms with Gasteiger partial charge in [0, 0.05) is 39.1 Å². The molecule has 0 saturated carbocycles. The van der Waals surface area contributed by atoms with Crippen LogP contribution in [0.4, 0.5) is 0 Å². The van der Waals surface area contributed by atoms with Crippen molar-refractivity contribution in [2.45, 2.75) is 44.2 Å². The fourth-order valence-corrected chi connectivity index (χ4v) is 3.80. The fraction of sp³-hybridized carbons (Fsp3) is 0.824. The second-order valence-corrected chi connectivity index (χ2v) is 7.23. The quantitative estimate of drug-likeness (QED) is 0.758. The zero-order valence-electron chi connectivity index (χ0n) is 15.3. The van der Waals surface area contributed by atoms with Gasteiger partial charge in [-0.15, -0.1) is 10.2 Å². The minimum Gasteiger partial charge on any atom is -0.393 e. The molecule has 8 heteroatoms. The first kappa shape index (κ1) is 18.3. The lowest BCUT2D eigenvalue weighted by Crippen LogP contribution is -2.42. The summed E-state index contributed by atoms with van der Waals surface area (Å²) in [6.07, 6.45) is 3.41. The summed E-state index contributed by atoms with van der Waals surface area (Å²) in [4.78, 5) is 16.2. The van der Waals surface area contributed by atoms with Crippen molar-refractivity contribution in [2.75, 3.05) is 39.8 Å². The predicted molar refractivity (Wildman–Crippen MR) is 94.0 cm³/mol. The number of hydrogen-bond acceptors (Lipinski definition) is 6. The van der Waals surface area contributed by atoms with E-state index in [0.717, 1.165) is 70.1 Å². The Morgan fingerprint density at radius 3 is 2.48 bits per heavy atom. The molecule has 2 fully saturated rings. The van der Waals surface area contributed by atoms with Crippen LogP contribution in [-0.4, -0.2) is 81.5 Å². The second-order valence-electron chi connectivity index (χ2n) is 7.23. The Hall–Kier alpha value is -1.51. The van der Waals surface area contributed by atoms with E-state index in [1.807, 2.05) is 11.9 Å². The van der Waals surface area contributed by atoms with Crippen LogP contribution in [0.3, 0.4) is 0 Å². The number of likely N-dealkylation sites (N-methyl/N-ethyl adjacent to an activating group) is 1. The van der Waals surface area contributed by atoms with Crippen LogP contribution in [0.25, 0.3) is 0 Å². The van der Waals surface area contributed by atoms with Crippen LogP contribution < -0.4 is 5.32 Å². The number of carbonyl (C=O) groups is 1. The summed E-state index contributed by atoms with van der Waals surface area (Å²) in [6.45, 7) is 4.60. The Bertz CT molecular complexity index is 574. The van der Waals surface area contributed by atoms with E-state index in [4.69, 9.17) is 0 Å². The molecular formula is C17H30N6O2. The van der Waals surface area contributed by atoms with Crippen LogP contribution in [0.5, 0.6) is 0 Å². The van der Waals surface area contributed by atoms with Crippen LogP contribution in [0.2, 0.25) is 0 Å². The Kier molecular flexibility index (Phi) is 6.03. The monoisotopic (exact) mass is 350 g/mol. The zero-order chi connectivity index (χ0) is 17.8. The highest BCUT2D eigenvalue weighted by atomic mass is 16.3. The van der Waals surface area contributed by atoms with Gasteiger partial charge in [-0.2, -0.15) is 0 Å². The van der Waals surface area contributed by atoms with Crippen molar-refractivity contribution >= 4 is 5.91 Å². The molecule has 2 saturated heterocycles. The van der Waals surface area contributed by atoms with Gasteiger partial charge in [0.25, 0.3) is 0 Å². The normalized spacial score (nSPS) is 21.0. The Morgan fingerprint density at radius 1 is 1.16 bits per heavy atom. The molecule has 2 N–H and O–H groups in total. The lowest BCUT2D eigenvalue weighted by atomic mass is 9.96. The summed E-state index contributed by atoms with van der Waals surface area (Å²) in [6, 6.07) is 0. The maximum absolute atomic E-state index is 12.0. The average molecular weight is 350 g/mol. The first-order valence-electron chi connectivity index (χ1n) is 9.29. The molecule has 2 aliphatic rings. The van der Waals surface area contributed by atoms with Gasteiger partial charge >= 0.3 is 0 Å². The van der Waals surface area contributed by atoms with Gasteiger partial charge in [-0.1, -0.05) is 0 Å². The SMILES string of the molecule is CNCC(=O)N1CCC(c2nnc(CN3CCC(O)CC3)n2C)CC1. The molecule has 0 unspecified atom stereocenters. The lowest BCUT2D eigenvalue weighted by Gasteiger charge is -2.31. The number of nitrogens with one attached hydrogen (secondary N) is 1. The smallest absolute Gasteiger partial charge is 0.236 e. The summed E-state index contributed by atoms with van der Waals surface area (Å²) >= 11 is 0. The predicted octanol–water partition coefficient (Wildman–Crippen LogP) is -0.303. The van der Waals surface area contributed by atoms with Crippen LogP contribution in [-0.2, 0) is 18.4 Å². The molecule has 0 bridgehead atoms. The molecule has 0 aromatic carbocycles. The lowest BCUT2D eigenvalue weighted by molar-refractivity contribution is -0.131. The third-order valence-electron chi connectivity index (χ3n) is 5.46. The number of aromatic nitrogens is 3. The Morgan fingerprint density at radius 2 is 1.84 bits per heavy atom. The highest BCUT2D eigenvalue weighted by molar-refractivity contribution is 5.78. The number of carbonyl (C=O) groups excluding carboxylic acids is 1. The van der Waals surface area contributed by atoms with Crippen molar-refractivity contribution in [1.29, 1.82) is 0 Å². The third kappa shape index (κ3) is 4.37. The van der Waals surface area contributed by atoms with Crippen molar-refractivity contribution in [1.82, 2.24) is 29.9 Å². The summed E-state index contributed by atoms with van der Waals surface area (Å²) in [5.41, 5.74) is 0. The molecule has 0 spiro atoms. The van der Waals surface area contributed by atoms with Crippen molar-refractivity contribution in [3.63, 3.8) is 0 Å². The molecule has 2 aliphatic heterocycles. The van der Waals surface area contributed by atoms with Gasteiger partial charge in [0.05, 0.1) is 19.2 Å². The number of aliphatic hydroxyl groups is 1. The van der Waals surface area contributed by atoms with Crippen LogP contribution in [0, 0.1) is 0 Å². The van der Waals surface area contributed by atoms with E-state index in [9.17, 15) is 9.90 Å². The number of rotatable bonds is 5. The van der Waals surface area contributed by atoms with E-state index in [2.05, 4.69) is 25.0 Å². The van der Waals surface area contributed by atoms with Crippen LogP contribution >= 0.6 is 0 Å². The maximum Gasteiger partial charge on any atom is 0.236 e. The number of amides is 1. The number of hydrogen-bond donors (Lipinski definition) is 2. The van der Waals surface area contributed by atoms with Gasteiger partial charge in [-0.25, -0.2) is 0 Å². The number of nitrogens with zero attached hydrogens (tertiary/aromatic N) is 5. The molecule has 1 aromatic heterocycles. The number of likely N-dealkylation sites (tertiary alicyclic amines) is 2. The fourth-order valence-electron chi connectivity index (χ4n) is 3.80. The molecule has 3 heterocycles. The van der Waals surface area contributed by atoms with Gasteiger partial charge in [0.1, 0.15) is 11.6 Å². The van der Waals surface area contributed by atoms with E-state index in [-0.39, 0.29) is 12.0 Å². The topological polar surface area (TPSA) is 86.5 Å². The average Bonchev–Trinajstić information content (AvgIpc) is 2.98. The molecule has 0 radical (unpaired) electrons. The molecule has 1 amide bonds. The molecule has 25 heavy (non-hydrogen) atoms. The van der Waals surface area contributed by atoms with E-state index in [0.29, 0.717) is 12.5 Å². The van der Waals surface area contributed by atoms with Crippen molar-refractivity contribution in [3.05, 3.63) is 11.6 Å². The first-order valence-corrected chi connectivity index (χ1v) is 9.29. The highest BCUT2D eigenvalue weighted by Gasteiger charge is 2.27. The standard InChI is InChI=1S/C17H30N6O2/c1-18-11-16(25)23-9-3-13(4-10-23)17-20-19-15(21(17)2)12-22-7-5-14(24)6-8-22/h13-14,18,24H,3-12H2,1-2H3. The zero-order valence-corrected chi connectivity index (χ0v) is 15.3. The summed E-state index contributed by atoms with van der Waals surface area (Å²) < 4.78 is 2.13. The van der Waals surface area contributed by atoms with Gasteiger partial charge in [-0.3, -0.25) is 9.69 Å². The Labute approximate surface area is 149 Å². The second kappa shape index (κ2) is 8.25. The van der Waals surface area contributed by atoms with Crippen molar-refractivity contribution < 1.29 is 9.90 Å². The highest BCUT2D eigenvalue weighted by Crippen LogP contribution is 2.27. The molecule has 0 atom stereocenters.